The van der Waals surface area contributed by atoms with Crippen LogP contribution >= 0.6 is 11.3 Å². The highest BCUT2D eigenvalue weighted by atomic mass is 32.2. The Balaban J connectivity index is 1.88. The quantitative estimate of drug-likeness (QED) is 0.547. The molecular weight excluding hydrogens is 384 g/mol. The third-order valence-corrected chi connectivity index (χ3v) is 6.18. The van der Waals surface area contributed by atoms with E-state index in [-0.39, 0.29) is 10.5 Å². The number of carbonyl (C=O) groups is 1. The summed E-state index contributed by atoms with van der Waals surface area (Å²) < 4.78 is 24.2. The standard InChI is InChI=1S/C19H14N2O4S2/c20-27(24,25)13-3-1-2-11(8-13)9-16-15-6-7-26-18(15)14-5-4-12(19(22)23)10-17(14)21-16/h1-8,10H,9H2,(H,22,23)(H2,20,24,25). The summed E-state index contributed by atoms with van der Waals surface area (Å²) in [6, 6.07) is 13.3. The highest BCUT2D eigenvalue weighted by Crippen LogP contribution is 2.32. The predicted molar refractivity (Wildman–Crippen MR) is 105 cm³/mol. The number of primary sulfonamides is 1. The Labute approximate surface area is 158 Å². The van der Waals surface area contributed by atoms with Crippen molar-refractivity contribution >= 4 is 48.3 Å². The molecule has 0 aliphatic heterocycles. The summed E-state index contributed by atoms with van der Waals surface area (Å²) in [6.45, 7) is 0. The predicted octanol–water partition coefficient (Wildman–Crippen LogP) is 3.39. The number of hydrogen-bond donors (Lipinski definition) is 2. The zero-order chi connectivity index (χ0) is 19.2. The van der Waals surface area contributed by atoms with Gasteiger partial charge in [0.1, 0.15) is 0 Å². The maximum Gasteiger partial charge on any atom is 0.335 e. The van der Waals surface area contributed by atoms with Crippen molar-refractivity contribution in [1.82, 2.24) is 4.98 Å². The number of aromatic nitrogens is 1. The van der Waals surface area contributed by atoms with Crippen LogP contribution in [0, 0.1) is 0 Å². The summed E-state index contributed by atoms with van der Waals surface area (Å²) in [7, 11) is -3.78. The average Bonchev–Trinajstić information content (AvgIpc) is 3.11. The third-order valence-electron chi connectivity index (χ3n) is 4.32. The number of fused-ring (bicyclic) bond motifs is 3. The van der Waals surface area contributed by atoms with Gasteiger partial charge in [0.05, 0.1) is 21.7 Å². The molecule has 4 rings (SSSR count). The summed E-state index contributed by atoms with van der Waals surface area (Å²) in [5, 5.41) is 18.3. The lowest BCUT2D eigenvalue weighted by Gasteiger charge is -2.08. The van der Waals surface area contributed by atoms with Crippen LogP contribution in [0.25, 0.3) is 21.0 Å². The number of aromatic carboxylic acids is 1. The molecule has 136 valence electrons. The molecule has 2 aromatic carbocycles. The van der Waals surface area contributed by atoms with Gasteiger partial charge >= 0.3 is 5.97 Å². The van der Waals surface area contributed by atoms with E-state index in [9.17, 15) is 18.3 Å². The van der Waals surface area contributed by atoms with Crippen molar-refractivity contribution < 1.29 is 18.3 Å². The smallest absolute Gasteiger partial charge is 0.335 e. The second kappa shape index (κ2) is 6.41. The van der Waals surface area contributed by atoms with E-state index in [1.807, 2.05) is 17.5 Å². The van der Waals surface area contributed by atoms with Gasteiger partial charge in [0.25, 0.3) is 0 Å². The number of benzene rings is 2. The first kappa shape index (κ1) is 17.6. The molecule has 0 spiro atoms. The Bertz CT molecular complexity index is 1310. The van der Waals surface area contributed by atoms with Crippen LogP contribution in [0.2, 0.25) is 0 Å². The first-order valence-electron chi connectivity index (χ1n) is 7.98. The molecule has 0 aliphatic rings. The first-order chi connectivity index (χ1) is 12.8. The number of carboxylic acid groups (broad SMARTS) is 1. The molecule has 0 amide bonds. The fraction of sp³-hybridized carbons (Fsp3) is 0.0526. The summed E-state index contributed by atoms with van der Waals surface area (Å²) in [5.74, 6) is -1.01. The highest BCUT2D eigenvalue weighted by molar-refractivity contribution is 7.89. The number of nitrogens with two attached hydrogens (primary N) is 1. The molecular formula is C19H14N2O4S2. The van der Waals surface area contributed by atoms with Crippen LogP contribution in [0.5, 0.6) is 0 Å². The largest absolute Gasteiger partial charge is 0.478 e. The minimum atomic E-state index is -3.78. The Kier molecular flexibility index (Phi) is 4.18. The number of sulfonamides is 1. The van der Waals surface area contributed by atoms with Gasteiger partial charge in [-0.2, -0.15) is 0 Å². The Hall–Kier alpha value is -2.81. The van der Waals surface area contributed by atoms with Crippen LogP contribution in [0.1, 0.15) is 21.6 Å². The fourth-order valence-corrected chi connectivity index (χ4v) is 4.60. The van der Waals surface area contributed by atoms with Crippen molar-refractivity contribution in [2.75, 3.05) is 0 Å². The van der Waals surface area contributed by atoms with E-state index in [0.717, 1.165) is 26.7 Å². The third kappa shape index (κ3) is 3.30. The van der Waals surface area contributed by atoms with Crippen LogP contribution in [0.15, 0.2) is 58.8 Å². The molecule has 0 unspecified atom stereocenters. The first-order valence-corrected chi connectivity index (χ1v) is 10.4. The van der Waals surface area contributed by atoms with E-state index in [1.54, 1.807) is 35.6 Å². The van der Waals surface area contributed by atoms with E-state index in [0.29, 0.717) is 11.9 Å². The molecule has 3 N–H and O–H groups in total. The summed E-state index contributed by atoms with van der Waals surface area (Å²) in [5.41, 5.74) is 2.29. The van der Waals surface area contributed by atoms with Gasteiger partial charge in [-0.3, -0.25) is 4.98 Å². The summed E-state index contributed by atoms with van der Waals surface area (Å²) >= 11 is 1.56. The van der Waals surface area contributed by atoms with E-state index >= 15 is 0 Å². The van der Waals surface area contributed by atoms with Crippen molar-refractivity contribution in [2.24, 2.45) is 5.14 Å². The lowest BCUT2D eigenvalue weighted by molar-refractivity contribution is 0.0697. The summed E-state index contributed by atoms with van der Waals surface area (Å²) in [6.07, 6.45) is 0.407. The van der Waals surface area contributed by atoms with Crippen LogP contribution in [0.4, 0.5) is 0 Å². The monoisotopic (exact) mass is 398 g/mol. The van der Waals surface area contributed by atoms with Gasteiger partial charge in [-0.15, -0.1) is 11.3 Å². The lowest BCUT2D eigenvalue weighted by atomic mass is 10.0. The van der Waals surface area contributed by atoms with Gasteiger partial charge in [0.2, 0.25) is 10.0 Å². The van der Waals surface area contributed by atoms with Crippen molar-refractivity contribution in [2.45, 2.75) is 11.3 Å². The van der Waals surface area contributed by atoms with Gasteiger partial charge in [-0.05, 0) is 41.3 Å². The molecule has 8 heteroatoms. The molecule has 0 bridgehead atoms. The van der Waals surface area contributed by atoms with Crippen LogP contribution in [-0.2, 0) is 16.4 Å². The molecule has 2 aromatic heterocycles. The Morgan fingerprint density at radius 2 is 1.93 bits per heavy atom. The molecule has 0 saturated carbocycles. The van der Waals surface area contributed by atoms with Gasteiger partial charge in [-0.25, -0.2) is 18.4 Å². The Morgan fingerprint density at radius 3 is 2.67 bits per heavy atom. The molecule has 6 nitrogen and oxygen atoms in total. The Morgan fingerprint density at radius 1 is 1.11 bits per heavy atom. The van der Waals surface area contributed by atoms with Gasteiger partial charge in [-0.1, -0.05) is 18.2 Å². The normalized spacial score (nSPS) is 11.9. The number of nitrogens with zero attached hydrogens (tertiary/aromatic N) is 1. The molecule has 0 saturated heterocycles. The van der Waals surface area contributed by atoms with Crippen molar-refractivity contribution in [3.63, 3.8) is 0 Å². The second-order valence-corrected chi connectivity index (χ2v) is 8.61. The van der Waals surface area contributed by atoms with E-state index < -0.39 is 16.0 Å². The van der Waals surface area contributed by atoms with Crippen LogP contribution in [0.3, 0.4) is 0 Å². The topological polar surface area (TPSA) is 110 Å². The maximum absolute atomic E-state index is 11.6. The van der Waals surface area contributed by atoms with Gasteiger partial charge < -0.3 is 5.11 Å². The van der Waals surface area contributed by atoms with Crippen LogP contribution in [-0.4, -0.2) is 24.5 Å². The SMILES string of the molecule is NS(=O)(=O)c1cccc(Cc2nc3cc(C(=O)O)ccc3c3sccc23)c1. The zero-order valence-corrected chi connectivity index (χ0v) is 15.5. The fourth-order valence-electron chi connectivity index (χ4n) is 3.06. The van der Waals surface area contributed by atoms with E-state index in [1.165, 1.54) is 12.1 Å². The minimum Gasteiger partial charge on any atom is -0.478 e. The molecule has 0 fully saturated rings. The van der Waals surface area contributed by atoms with E-state index in [4.69, 9.17) is 5.14 Å². The second-order valence-electron chi connectivity index (χ2n) is 6.13. The molecule has 2 heterocycles. The highest BCUT2D eigenvalue weighted by Gasteiger charge is 2.14. The number of carboxylic acids is 1. The molecule has 0 atom stereocenters. The minimum absolute atomic E-state index is 0.0514. The average molecular weight is 398 g/mol. The number of hydrogen-bond acceptors (Lipinski definition) is 5. The molecule has 4 aromatic rings. The summed E-state index contributed by atoms with van der Waals surface area (Å²) in [4.78, 5) is 16.0. The van der Waals surface area contributed by atoms with Crippen molar-refractivity contribution in [3.8, 4) is 0 Å². The van der Waals surface area contributed by atoms with E-state index in [2.05, 4.69) is 4.98 Å². The number of rotatable bonds is 4. The van der Waals surface area contributed by atoms with Gasteiger partial charge in [0, 0.05) is 21.9 Å². The van der Waals surface area contributed by atoms with Crippen molar-refractivity contribution in [1.29, 1.82) is 0 Å². The molecule has 27 heavy (non-hydrogen) atoms. The molecule has 0 aliphatic carbocycles. The number of thiophene rings is 1. The molecule has 0 radical (unpaired) electrons. The van der Waals surface area contributed by atoms with Crippen LogP contribution < -0.4 is 5.14 Å². The van der Waals surface area contributed by atoms with Gasteiger partial charge in [0.15, 0.2) is 0 Å². The maximum atomic E-state index is 11.6. The number of pyridine rings is 1. The van der Waals surface area contributed by atoms with Crippen molar-refractivity contribution in [3.05, 3.63) is 70.7 Å². The lowest BCUT2D eigenvalue weighted by Crippen LogP contribution is -2.12. The zero-order valence-electron chi connectivity index (χ0n) is 13.9.